The molecule has 0 fully saturated rings. The first kappa shape index (κ1) is 14.0. The number of amides is 1. The molecule has 1 amide bonds. The third-order valence-electron chi connectivity index (χ3n) is 2.78. The minimum absolute atomic E-state index is 0.102. The van der Waals surface area contributed by atoms with Gasteiger partial charge in [-0.15, -0.1) is 0 Å². The third kappa shape index (κ3) is 3.79. The lowest BCUT2D eigenvalue weighted by molar-refractivity contribution is -0.138. The number of phenolic OH excluding ortho intramolecular Hbond substituents is 1. The average Bonchev–Trinajstić information content (AvgIpc) is 2.84. The van der Waals surface area contributed by atoms with Crippen molar-refractivity contribution >= 4 is 18.1 Å². The summed E-state index contributed by atoms with van der Waals surface area (Å²) in [6, 6.07) is 5.75. The summed E-state index contributed by atoms with van der Waals surface area (Å²) in [5, 5.41) is 11.7. The van der Waals surface area contributed by atoms with E-state index in [2.05, 4.69) is 10.3 Å². The Morgan fingerprint density at radius 1 is 1.45 bits per heavy atom. The van der Waals surface area contributed by atoms with Crippen LogP contribution in [0.2, 0.25) is 0 Å². The number of aromatic hydroxyl groups is 1. The summed E-state index contributed by atoms with van der Waals surface area (Å²) in [4.78, 5) is 26.3. The number of cyclic esters (lactones) is 1. The molecule has 1 aliphatic rings. The number of esters is 1. The second kappa shape index (κ2) is 6.16. The number of aliphatic imine (C=N–C) groups is 1. The molecule has 0 saturated carbocycles. The SMILES string of the molecule is N[C@@H](Cc1ccc(O)cc1)C(=O)NCC1N=CC(=O)O1. The van der Waals surface area contributed by atoms with Crippen molar-refractivity contribution in [2.75, 3.05) is 6.54 Å². The molecule has 1 unspecified atom stereocenters. The van der Waals surface area contributed by atoms with Crippen LogP contribution in [0.1, 0.15) is 5.56 Å². The summed E-state index contributed by atoms with van der Waals surface area (Å²) in [5.74, 6) is -0.707. The summed E-state index contributed by atoms with van der Waals surface area (Å²) in [6.45, 7) is 0.102. The molecule has 2 atom stereocenters. The number of carbonyl (C=O) groups is 2. The fourth-order valence-electron chi connectivity index (χ4n) is 1.73. The van der Waals surface area contributed by atoms with Crippen molar-refractivity contribution < 1.29 is 19.4 Å². The van der Waals surface area contributed by atoms with Crippen molar-refractivity contribution in [3.63, 3.8) is 0 Å². The zero-order chi connectivity index (χ0) is 14.5. The average molecular weight is 277 g/mol. The Labute approximate surface area is 115 Å². The predicted octanol–water partition coefficient (Wildman–Crippen LogP) is -0.668. The molecule has 7 heteroatoms. The molecule has 1 heterocycles. The van der Waals surface area contributed by atoms with Crippen molar-refractivity contribution in [2.45, 2.75) is 18.7 Å². The van der Waals surface area contributed by atoms with Gasteiger partial charge in [0, 0.05) is 0 Å². The van der Waals surface area contributed by atoms with Gasteiger partial charge < -0.3 is 20.9 Å². The van der Waals surface area contributed by atoms with Crippen LogP contribution in [-0.2, 0) is 20.7 Å². The first-order valence-electron chi connectivity index (χ1n) is 6.09. The van der Waals surface area contributed by atoms with Gasteiger partial charge in [0.2, 0.25) is 12.1 Å². The first-order valence-corrected chi connectivity index (χ1v) is 6.09. The van der Waals surface area contributed by atoms with Gasteiger partial charge in [-0.25, -0.2) is 9.79 Å². The Balaban J connectivity index is 1.78. The van der Waals surface area contributed by atoms with E-state index in [-0.39, 0.29) is 18.2 Å². The van der Waals surface area contributed by atoms with E-state index in [0.29, 0.717) is 6.42 Å². The van der Waals surface area contributed by atoms with Crippen molar-refractivity contribution in [3.8, 4) is 5.75 Å². The van der Waals surface area contributed by atoms with Crippen LogP contribution >= 0.6 is 0 Å². The molecule has 4 N–H and O–H groups in total. The zero-order valence-corrected chi connectivity index (χ0v) is 10.7. The molecule has 1 aromatic carbocycles. The van der Waals surface area contributed by atoms with Gasteiger partial charge in [-0.1, -0.05) is 12.1 Å². The fourth-order valence-corrected chi connectivity index (χ4v) is 1.73. The van der Waals surface area contributed by atoms with Gasteiger partial charge >= 0.3 is 5.97 Å². The third-order valence-corrected chi connectivity index (χ3v) is 2.78. The zero-order valence-electron chi connectivity index (χ0n) is 10.7. The van der Waals surface area contributed by atoms with Gasteiger partial charge in [-0.05, 0) is 24.1 Å². The van der Waals surface area contributed by atoms with Gasteiger partial charge in [-0.2, -0.15) is 0 Å². The van der Waals surface area contributed by atoms with Gasteiger partial charge in [0.1, 0.15) is 12.0 Å². The van der Waals surface area contributed by atoms with E-state index >= 15 is 0 Å². The van der Waals surface area contributed by atoms with E-state index < -0.39 is 18.2 Å². The number of carbonyl (C=O) groups excluding carboxylic acids is 2. The number of benzene rings is 1. The van der Waals surface area contributed by atoms with Gasteiger partial charge in [-0.3, -0.25) is 4.79 Å². The quantitative estimate of drug-likeness (QED) is 0.618. The predicted molar refractivity (Wildman–Crippen MR) is 71.2 cm³/mol. The topological polar surface area (TPSA) is 114 Å². The molecule has 0 aliphatic carbocycles. The number of nitrogens with zero attached hydrogens (tertiary/aromatic N) is 1. The monoisotopic (exact) mass is 277 g/mol. The van der Waals surface area contributed by atoms with E-state index in [1.54, 1.807) is 12.1 Å². The van der Waals surface area contributed by atoms with Crippen LogP contribution in [-0.4, -0.2) is 42.0 Å². The second-order valence-electron chi connectivity index (χ2n) is 4.39. The molecule has 0 saturated heterocycles. The number of rotatable bonds is 5. The van der Waals surface area contributed by atoms with Crippen LogP contribution in [0.4, 0.5) is 0 Å². The minimum Gasteiger partial charge on any atom is -0.508 e. The van der Waals surface area contributed by atoms with E-state index in [9.17, 15) is 9.59 Å². The number of nitrogens with one attached hydrogen (secondary N) is 1. The van der Waals surface area contributed by atoms with Crippen LogP contribution in [0, 0.1) is 0 Å². The molecule has 106 valence electrons. The van der Waals surface area contributed by atoms with Crippen LogP contribution < -0.4 is 11.1 Å². The van der Waals surface area contributed by atoms with Crippen molar-refractivity contribution in [2.24, 2.45) is 10.7 Å². The van der Waals surface area contributed by atoms with E-state index in [1.807, 2.05) is 0 Å². The van der Waals surface area contributed by atoms with E-state index in [1.165, 1.54) is 12.1 Å². The highest BCUT2D eigenvalue weighted by molar-refractivity contribution is 6.24. The van der Waals surface area contributed by atoms with Gasteiger partial charge in [0.25, 0.3) is 0 Å². The van der Waals surface area contributed by atoms with Crippen LogP contribution in [0.3, 0.4) is 0 Å². The van der Waals surface area contributed by atoms with Crippen molar-refractivity contribution in [1.82, 2.24) is 5.32 Å². The molecular formula is C13H15N3O4. The van der Waals surface area contributed by atoms with E-state index in [4.69, 9.17) is 15.6 Å². The Kier molecular flexibility index (Phi) is 4.31. The molecule has 0 spiro atoms. The van der Waals surface area contributed by atoms with Crippen LogP contribution in [0.15, 0.2) is 29.3 Å². The molecule has 0 radical (unpaired) electrons. The smallest absolute Gasteiger partial charge is 0.351 e. The summed E-state index contributed by atoms with van der Waals surface area (Å²) < 4.78 is 4.78. The maximum absolute atomic E-state index is 11.8. The Morgan fingerprint density at radius 2 is 2.15 bits per heavy atom. The summed E-state index contributed by atoms with van der Waals surface area (Å²) in [5.41, 5.74) is 6.62. The lowest BCUT2D eigenvalue weighted by atomic mass is 10.1. The number of phenols is 1. The summed E-state index contributed by atoms with van der Waals surface area (Å²) in [7, 11) is 0. The highest BCUT2D eigenvalue weighted by Crippen LogP contribution is 2.10. The highest BCUT2D eigenvalue weighted by Gasteiger charge is 2.20. The van der Waals surface area contributed by atoms with Crippen LogP contribution in [0.25, 0.3) is 0 Å². The number of hydrogen-bond acceptors (Lipinski definition) is 6. The largest absolute Gasteiger partial charge is 0.508 e. The van der Waals surface area contributed by atoms with Gasteiger partial charge in [0.05, 0.1) is 12.6 Å². The Hall–Kier alpha value is -2.41. The second-order valence-corrected chi connectivity index (χ2v) is 4.39. The Morgan fingerprint density at radius 3 is 2.75 bits per heavy atom. The first-order chi connectivity index (χ1) is 9.54. The number of ether oxygens (including phenoxy) is 1. The van der Waals surface area contributed by atoms with Crippen molar-refractivity contribution in [1.29, 1.82) is 0 Å². The molecule has 1 aliphatic heterocycles. The Bertz CT molecular complexity index is 527. The normalized spacial score (nSPS) is 18.6. The summed E-state index contributed by atoms with van der Waals surface area (Å²) >= 11 is 0. The minimum atomic E-state index is -0.722. The van der Waals surface area contributed by atoms with Gasteiger partial charge in [0.15, 0.2) is 0 Å². The molecule has 20 heavy (non-hydrogen) atoms. The highest BCUT2D eigenvalue weighted by atomic mass is 16.6. The standard InChI is InChI=1S/C13H15N3O4/c14-10(5-8-1-3-9(17)4-2-8)13(19)16-6-11-15-7-12(18)20-11/h1-4,7,10-11,17H,5-6,14H2,(H,16,19)/t10-,11?/m0/s1. The molecule has 1 aromatic rings. The molecular weight excluding hydrogens is 262 g/mol. The number of nitrogens with two attached hydrogens (primary N) is 1. The maximum Gasteiger partial charge on any atom is 0.351 e. The lowest BCUT2D eigenvalue weighted by Crippen LogP contribution is -2.44. The van der Waals surface area contributed by atoms with E-state index in [0.717, 1.165) is 11.8 Å². The lowest BCUT2D eigenvalue weighted by Gasteiger charge is -2.14. The maximum atomic E-state index is 11.8. The number of hydrogen-bond donors (Lipinski definition) is 3. The fraction of sp³-hybridized carbons (Fsp3) is 0.308. The molecule has 0 bridgehead atoms. The molecule has 0 aromatic heterocycles. The molecule has 2 rings (SSSR count). The van der Waals surface area contributed by atoms with Crippen LogP contribution in [0.5, 0.6) is 5.75 Å². The van der Waals surface area contributed by atoms with Crippen molar-refractivity contribution in [3.05, 3.63) is 29.8 Å². The summed E-state index contributed by atoms with van der Waals surface area (Å²) in [6.07, 6.45) is 0.750. The molecule has 7 nitrogen and oxygen atoms in total.